The lowest BCUT2D eigenvalue weighted by Gasteiger charge is -2.20. The highest BCUT2D eigenvalue weighted by atomic mass is 14.6. The van der Waals surface area contributed by atoms with Crippen molar-refractivity contribution in [1.29, 1.82) is 0 Å². The zero-order valence-corrected chi connectivity index (χ0v) is 23.8. The van der Waals surface area contributed by atoms with Crippen molar-refractivity contribution in [3.63, 3.8) is 0 Å². The summed E-state index contributed by atoms with van der Waals surface area (Å²) in [7, 11) is 0. The van der Waals surface area contributed by atoms with Crippen LogP contribution >= 0.6 is 0 Å². The number of hydrogen-bond donors (Lipinski definition) is 0. The van der Waals surface area contributed by atoms with E-state index in [4.69, 9.17) is 0 Å². The molecule has 6 aromatic carbocycles. The Morgan fingerprint density at radius 3 is 1.53 bits per heavy atom. The lowest BCUT2D eigenvalue weighted by atomic mass is 9.83. The molecule has 0 fully saturated rings. The summed E-state index contributed by atoms with van der Waals surface area (Å²) in [6, 6.07) is 46.1. The quantitative estimate of drug-likeness (QED) is 0.204. The summed E-state index contributed by atoms with van der Waals surface area (Å²) in [5.74, 6) is 0. The van der Waals surface area contributed by atoms with Gasteiger partial charge in [0.05, 0.1) is 0 Å². The van der Waals surface area contributed by atoms with Crippen LogP contribution in [0.4, 0.5) is 0 Å². The van der Waals surface area contributed by atoms with Crippen molar-refractivity contribution >= 4 is 32.3 Å². The Morgan fingerprint density at radius 1 is 0.349 bits per heavy atom. The van der Waals surface area contributed by atoms with E-state index in [1.54, 1.807) is 0 Å². The van der Waals surface area contributed by atoms with E-state index >= 15 is 0 Å². The van der Waals surface area contributed by atoms with Crippen molar-refractivity contribution in [2.24, 2.45) is 0 Å². The highest BCUT2D eigenvalue weighted by Crippen LogP contribution is 2.46. The molecule has 0 bridgehead atoms. The van der Waals surface area contributed by atoms with Crippen LogP contribution in [0, 0.1) is 6.92 Å². The number of nitrogens with zero attached hydrogens (tertiary/aromatic N) is 2. The van der Waals surface area contributed by atoms with Crippen molar-refractivity contribution < 1.29 is 0 Å². The van der Waals surface area contributed by atoms with Crippen LogP contribution in [0.5, 0.6) is 0 Å². The van der Waals surface area contributed by atoms with Crippen LogP contribution < -0.4 is 0 Å². The van der Waals surface area contributed by atoms with Gasteiger partial charge in [0.2, 0.25) is 0 Å². The van der Waals surface area contributed by atoms with Crippen molar-refractivity contribution in [2.45, 2.75) is 6.92 Å². The minimum Gasteiger partial charge on any atom is -0.264 e. The van der Waals surface area contributed by atoms with E-state index in [0.717, 1.165) is 22.3 Å². The minimum atomic E-state index is 1.08. The van der Waals surface area contributed by atoms with Gasteiger partial charge in [-0.25, -0.2) is 0 Å². The fourth-order valence-electron chi connectivity index (χ4n) is 6.58. The first-order valence-corrected chi connectivity index (χ1v) is 14.7. The predicted molar refractivity (Wildman–Crippen MR) is 181 cm³/mol. The van der Waals surface area contributed by atoms with E-state index < -0.39 is 0 Å². The van der Waals surface area contributed by atoms with Crippen LogP contribution in [0.15, 0.2) is 152 Å². The van der Waals surface area contributed by atoms with Crippen molar-refractivity contribution in [2.75, 3.05) is 0 Å². The molecule has 0 radical (unpaired) electrons. The van der Waals surface area contributed by atoms with Crippen LogP contribution in [0.3, 0.4) is 0 Å². The van der Waals surface area contributed by atoms with E-state index in [1.165, 1.54) is 60.1 Å². The minimum absolute atomic E-state index is 1.08. The average molecular weight is 549 g/mol. The van der Waals surface area contributed by atoms with Gasteiger partial charge in [0.15, 0.2) is 0 Å². The Balaban J connectivity index is 1.44. The highest BCUT2D eigenvalue weighted by molar-refractivity contribution is 6.24. The first-order valence-electron chi connectivity index (χ1n) is 14.7. The number of aryl methyl sites for hydroxylation is 1. The van der Waals surface area contributed by atoms with Gasteiger partial charge >= 0.3 is 0 Å². The van der Waals surface area contributed by atoms with Crippen LogP contribution in [-0.2, 0) is 0 Å². The molecule has 0 aliphatic heterocycles. The van der Waals surface area contributed by atoms with Crippen molar-refractivity contribution in [1.82, 2.24) is 9.97 Å². The van der Waals surface area contributed by atoms with Crippen molar-refractivity contribution in [3.8, 4) is 44.5 Å². The molecule has 8 rings (SSSR count). The normalized spacial score (nSPS) is 11.4. The highest BCUT2D eigenvalue weighted by Gasteiger charge is 2.19. The fraction of sp³-hybridized carbons (Fsp3) is 0.0244. The van der Waals surface area contributed by atoms with Crippen LogP contribution in [0.2, 0.25) is 0 Å². The predicted octanol–water partition coefficient (Wildman–Crippen LogP) is 10.9. The van der Waals surface area contributed by atoms with Crippen LogP contribution in [-0.4, -0.2) is 9.97 Å². The molecule has 2 heteroatoms. The number of pyridine rings is 2. The monoisotopic (exact) mass is 548 g/mol. The van der Waals surface area contributed by atoms with E-state index in [2.05, 4.69) is 138 Å². The first-order chi connectivity index (χ1) is 21.3. The first kappa shape index (κ1) is 25.1. The Kier molecular flexibility index (Phi) is 6.05. The third-order valence-corrected chi connectivity index (χ3v) is 8.55. The third-order valence-electron chi connectivity index (χ3n) is 8.55. The standard InChI is InChI=1S/C41H28N2/c1-27-16-18-28(19-17-27)40-34-12-4-6-14-36(34)41(37-15-7-5-13-35(37)40)38-21-20-33(31-10-2-3-11-32(31)38)39-26-43-24-22-30(39)29-9-8-23-42-25-29/h2-26H,1H3. The van der Waals surface area contributed by atoms with Crippen LogP contribution in [0.25, 0.3) is 76.8 Å². The Morgan fingerprint density at radius 2 is 0.907 bits per heavy atom. The number of rotatable bonds is 4. The molecule has 0 saturated heterocycles. The Labute approximate surface area is 251 Å². The molecule has 0 aliphatic carbocycles. The maximum atomic E-state index is 4.54. The molecule has 2 nitrogen and oxygen atoms in total. The molecule has 0 aliphatic rings. The van der Waals surface area contributed by atoms with Gasteiger partial charge in [-0.2, -0.15) is 0 Å². The largest absolute Gasteiger partial charge is 0.264 e. The summed E-state index contributed by atoms with van der Waals surface area (Å²) >= 11 is 0. The molecule has 8 aromatic rings. The summed E-state index contributed by atoms with van der Waals surface area (Å²) in [6.07, 6.45) is 7.57. The molecule has 2 heterocycles. The van der Waals surface area contributed by atoms with E-state index in [1.807, 2.05) is 30.9 Å². The Bertz CT molecular complexity index is 2230. The zero-order valence-electron chi connectivity index (χ0n) is 23.8. The smallest absolute Gasteiger partial charge is 0.0352 e. The van der Waals surface area contributed by atoms with Gasteiger partial charge in [0.25, 0.3) is 0 Å². The maximum absolute atomic E-state index is 4.54. The number of hydrogen-bond acceptors (Lipinski definition) is 2. The molecule has 0 spiro atoms. The molecule has 202 valence electrons. The van der Waals surface area contributed by atoms with E-state index in [9.17, 15) is 0 Å². The average Bonchev–Trinajstić information content (AvgIpc) is 3.08. The van der Waals surface area contributed by atoms with Gasteiger partial charge in [-0.3, -0.25) is 9.97 Å². The Hall–Kier alpha value is -5.60. The summed E-state index contributed by atoms with van der Waals surface area (Å²) < 4.78 is 0. The summed E-state index contributed by atoms with van der Waals surface area (Å²) in [4.78, 5) is 8.92. The lowest BCUT2D eigenvalue weighted by molar-refractivity contribution is 1.30. The molecule has 43 heavy (non-hydrogen) atoms. The van der Waals surface area contributed by atoms with Gasteiger partial charge in [0.1, 0.15) is 0 Å². The second-order valence-electron chi connectivity index (χ2n) is 11.1. The van der Waals surface area contributed by atoms with Gasteiger partial charge in [0, 0.05) is 35.9 Å². The molecular weight excluding hydrogens is 520 g/mol. The van der Waals surface area contributed by atoms with Crippen molar-refractivity contribution in [3.05, 3.63) is 158 Å². The summed E-state index contributed by atoms with van der Waals surface area (Å²) in [6.45, 7) is 2.14. The lowest BCUT2D eigenvalue weighted by Crippen LogP contribution is -1.93. The topological polar surface area (TPSA) is 25.8 Å². The molecule has 0 atom stereocenters. The molecule has 2 aromatic heterocycles. The second-order valence-corrected chi connectivity index (χ2v) is 11.1. The molecule has 0 amide bonds. The van der Waals surface area contributed by atoms with Gasteiger partial charge < -0.3 is 0 Å². The summed E-state index contributed by atoms with van der Waals surface area (Å²) in [5, 5.41) is 7.46. The summed E-state index contributed by atoms with van der Waals surface area (Å²) in [5.41, 5.74) is 10.8. The number of fused-ring (bicyclic) bond motifs is 3. The number of aromatic nitrogens is 2. The van der Waals surface area contributed by atoms with Crippen LogP contribution in [0.1, 0.15) is 5.56 Å². The number of benzene rings is 6. The molecular formula is C41H28N2. The van der Waals surface area contributed by atoms with E-state index in [-0.39, 0.29) is 0 Å². The van der Waals surface area contributed by atoms with E-state index in [0.29, 0.717) is 0 Å². The molecule has 0 unspecified atom stereocenters. The SMILES string of the molecule is Cc1ccc(-c2c3ccccc3c(-c3ccc(-c4cnccc4-c4cccnc4)c4ccccc34)c3ccccc23)cc1. The third kappa shape index (κ3) is 4.19. The maximum Gasteiger partial charge on any atom is 0.0352 e. The van der Waals surface area contributed by atoms with Gasteiger partial charge in [-0.15, -0.1) is 0 Å². The molecule has 0 N–H and O–H groups in total. The van der Waals surface area contributed by atoms with Gasteiger partial charge in [-0.05, 0) is 84.8 Å². The molecule has 0 saturated carbocycles. The second kappa shape index (κ2) is 10.3. The zero-order chi connectivity index (χ0) is 28.8. The van der Waals surface area contributed by atoms with Gasteiger partial charge in [-0.1, -0.05) is 121 Å². The fourth-order valence-corrected chi connectivity index (χ4v) is 6.58.